The van der Waals surface area contributed by atoms with Crippen molar-refractivity contribution >= 4 is 17.3 Å². The maximum Gasteiger partial charge on any atom is 0.345 e. The van der Waals surface area contributed by atoms with Crippen LogP contribution in [-0.2, 0) is 4.74 Å². The van der Waals surface area contributed by atoms with E-state index < -0.39 is 12.7 Å². The summed E-state index contributed by atoms with van der Waals surface area (Å²) >= 11 is 4.95. The van der Waals surface area contributed by atoms with Crippen LogP contribution < -0.4 is 5.32 Å². The minimum absolute atomic E-state index is 0.397. The third kappa shape index (κ3) is 3.04. The van der Waals surface area contributed by atoms with Gasteiger partial charge in [-0.05, 0) is 18.6 Å². The standard InChI is InChI=1S/C7H12F2N2OS/c1-10-7(13)11-3-2-5(4-11)12-6(8)9/h5-6H,2-4H2,1H3,(H,10,13)/t5-/m0/s1. The molecule has 3 nitrogen and oxygen atoms in total. The molecule has 13 heavy (non-hydrogen) atoms. The number of hydrogen-bond donors (Lipinski definition) is 1. The largest absolute Gasteiger partial charge is 0.366 e. The number of halogens is 2. The third-order valence-electron chi connectivity index (χ3n) is 1.94. The highest BCUT2D eigenvalue weighted by molar-refractivity contribution is 7.80. The van der Waals surface area contributed by atoms with Crippen molar-refractivity contribution in [2.45, 2.75) is 19.1 Å². The van der Waals surface area contributed by atoms with Crippen molar-refractivity contribution in [3.63, 3.8) is 0 Å². The van der Waals surface area contributed by atoms with Gasteiger partial charge in [0.15, 0.2) is 5.11 Å². The van der Waals surface area contributed by atoms with E-state index in [1.54, 1.807) is 7.05 Å². The van der Waals surface area contributed by atoms with Gasteiger partial charge >= 0.3 is 6.61 Å². The first-order chi connectivity index (χ1) is 6.13. The van der Waals surface area contributed by atoms with Crippen LogP contribution in [0.2, 0.25) is 0 Å². The highest BCUT2D eigenvalue weighted by Gasteiger charge is 2.26. The van der Waals surface area contributed by atoms with Crippen LogP contribution in [0.4, 0.5) is 8.78 Å². The van der Waals surface area contributed by atoms with E-state index in [9.17, 15) is 8.78 Å². The second kappa shape index (κ2) is 4.66. The molecule has 0 radical (unpaired) electrons. The quantitative estimate of drug-likeness (QED) is 0.681. The topological polar surface area (TPSA) is 24.5 Å². The van der Waals surface area contributed by atoms with Crippen molar-refractivity contribution in [2.75, 3.05) is 20.1 Å². The maximum atomic E-state index is 11.8. The summed E-state index contributed by atoms with van der Waals surface area (Å²) < 4.78 is 28.0. The molecule has 1 fully saturated rings. The van der Waals surface area contributed by atoms with Gasteiger partial charge in [-0.3, -0.25) is 0 Å². The molecule has 0 amide bonds. The summed E-state index contributed by atoms with van der Waals surface area (Å²) in [5, 5.41) is 3.38. The Kier molecular flexibility index (Phi) is 3.80. The number of rotatable bonds is 2. The Bertz CT molecular complexity index is 191. The third-order valence-corrected chi connectivity index (χ3v) is 2.40. The van der Waals surface area contributed by atoms with Crippen LogP contribution >= 0.6 is 12.2 Å². The Labute approximate surface area is 81.0 Å². The Hall–Kier alpha value is -0.490. The van der Waals surface area contributed by atoms with Crippen LogP contribution in [0.5, 0.6) is 0 Å². The zero-order valence-corrected chi connectivity index (χ0v) is 8.11. The van der Waals surface area contributed by atoms with Gasteiger partial charge in [-0.2, -0.15) is 8.78 Å². The fourth-order valence-corrected chi connectivity index (χ4v) is 1.49. The molecule has 0 unspecified atom stereocenters. The van der Waals surface area contributed by atoms with Gasteiger partial charge in [0.2, 0.25) is 0 Å². The summed E-state index contributed by atoms with van der Waals surface area (Å²) in [6, 6.07) is 0. The van der Waals surface area contributed by atoms with Gasteiger partial charge in [-0.15, -0.1) is 0 Å². The molecular formula is C7H12F2N2OS. The van der Waals surface area contributed by atoms with Crippen molar-refractivity contribution in [2.24, 2.45) is 0 Å². The lowest BCUT2D eigenvalue weighted by atomic mass is 10.3. The van der Waals surface area contributed by atoms with Crippen molar-refractivity contribution in [3.05, 3.63) is 0 Å². The molecule has 1 aliphatic rings. The van der Waals surface area contributed by atoms with E-state index in [0.29, 0.717) is 24.6 Å². The van der Waals surface area contributed by atoms with E-state index in [2.05, 4.69) is 10.1 Å². The molecule has 76 valence electrons. The van der Waals surface area contributed by atoms with Gasteiger partial charge in [-0.1, -0.05) is 0 Å². The highest BCUT2D eigenvalue weighted by Crippen LogP contribution is 2.15. The first kappa shape index (κ1) is 10.6. The van der Waals surface area contributed by atoms with Crippen LogP contribution in [0.1, 0.15) is 6.42 Å². The summed E-state index contributed by atoms with van der Waals surface area (Å²) in [5.74, 6) is 0. The first-order valence-electron chi connectivity index (χ1n) is 4.03. The van der Waals surface area contributed by atoms with E-state index in [4.69, 9.17) is 12.2 Å². The number of ether oxygens (including phenoxy) is 1. The smallest absolute Gasteiger partial charge is 0.345 e. The van der Waals surface area contributed by atoms with Gasteiger partial charge in [-0.25, -0.2) is 0 Å². The van der Waals surface area contributed by atoms with Crippen LogP contribution in [0.25, 0.3) is 0 Å². The van der Waals surface area contributed by atoms with Crippen LogP contribution in [0, 0.1) is 0 Å². The monoisotopic (exact) mass is 210 g/mol. The molecule has 1 saturated heterocycles. The predicted octanol–water partition coefficient (Wildman–Crippen LogP) is 0.804. The zero-order chi connectivity index (χ0) is 9.84. The second-order valence-corrected chi connectivity index (χ2v) is 3.20. The number of nitrogens with one attached hydrogen (secondary N) is 1. The molecule has 0 saturated carbocycles. The summed E-state index contributed by atoms with van der Waals surface area (Å²) in [4.78, 5) is 1.82. The number of alkyl halides is 2. The summed E-state index contributed by atoms with van der Waals surface area (Å²) in [6.07, 6.45) is 0.206. The Morgan fingerprint density at radius 3 is 2.92 bits per heavy atom. The molecule has 1 atom stereocenters. The molecule has 0 aromatic carbocycles. The maximum absolute atomic E-state index is 11.8. The summed E-state index contributed by atoms with van der Waals surface area (Å²) in [6.45, 7) is -1.56. The fourth-order valence-electron chi connectivity index (χ4n) is 1.33. The molecule has 6 heteroatoms. The van der Waals surface area contributed by atoms with Crippen molar-refractivity contribution in [3.8, 4) is 0 Å². The van der Waals surface area contributed by atoms with E-state index in [1.165, 1.54) is 0 Å². The lowest BCUT2D eigenvalue weighted by Crippen LogP contribution is -2.36. The van der Waals surface area contributed by atoms with Gasteiger partial charge in [0.1, 0.15) is 0 Å². The zero-order valence-electron chi connectivity index (χ0n) is 7.30. The molecule has 1 rings (SSSR count). The van der Waals surface area contributed by atoms with E-state index in [0.717, 1.165) is 0 Å². The highest BCUT2D eigenvalue weighted by atomic mass is 32.1. The van der Waals surface area contributed by atoms with Crippen molar-refractivity contribution < 1.29 is 13.5 Å². The fraction of sp³-hybridized carbons (Fsp3) is 0.857. The molecule has 0 aromatic heterocycles. The van der Waals surface area contributed by atoms with E-state index >= 15 is 0 Å². The van der Waals surface area contributed by atoms with Crippen molar-refractivity contribution in [1.82, 2.24) is 10.2 Å². The van der Waals surface area contributed by atoms with E-state index in [1.807, 2.05) is 4.90 Å². The molecular weight excluding hydrogens is 198 g/mol. The van der Waals surface area contributed by atoms with Gasteiger partial charge in [0.25, 0.3) is 0 Å². The lowest BCUT2D eigenvalue weighted by Gasteiger charge is -2.18. The Morgan fingerprint density at radius 2 is 2.38 bits per heavy atom. The number of thiocarbonyl (C=S) groups is 1. The average Bonchev–Trinajstić information content (AvgIpc) is 2.50. The molecule has 0 bridgehead atoms. The normalized spacial score (nSPS) is 22.5. The molecule has 1 aliphatic heterocycles. The lowest BCUT2D eigenvalue weighted by molar-refractivity contribution is -0.157. The Balaban J connectivity index is 2.32. The Morgan fingerprint density at radius 1 is 1.69 bits per heavy atom. The van der Waals surface area contributed by atoms with Crippen LogP contribution in [0.3, 0.4) is 0 Å². The van der Waals surface area contributed by atoms with Crippen LogP contribution in [-0.4, -0.2) is 42.9 Å². The molecule has 1 heterocycles. The minimum atomic E-state index is -2.69. The molecule has 1 N–H and O–H groups in total. The minimum Gasteiger partial charge on any atom is -0.366 e. The molecule has 0 aliphatic carbocycles. The van der Waals surface area contributed by atoms with Crippen molar-refractivity contribution in [1.29, 1.82) is 0 Å². The first-order valence-corrected chi connectivity index (χ1v) is 4.44. The van der Waals surface area contributed by atoms with E-state index in [-0.39, 0.29) is 0 Å². The number of hydrogen-bond acceptors (Lipinski definition) is 2. The second-order valence-electron chi connectivity index (χ2n) is 2.81. The predicted molar refractivity (Wildman–Crippen MR) is 48.7 cm³/mol. The SMILES string of the molecule is CNC(=S)N1CC[C@H](OC(F)F)C1. The summed E-state index contributed by atoms with van der Waals surface area (Å²) in [7, 11) is 1.71. The molecule has 0 spiro atoms. The summed E-state index contributed by atoms with van der Waals surface area (Å²) in [5.41, 5.74) is 0. The van der Waals surface area contributed by atoms with Crippen LogP contribution in [0.15, 0.2) is 0 Å². The van der Waals surface area contributed by atoms with Gasteiger partial charge < -0.3 is 15.0 Å². The molecule has 0 aromatic rings. The number of likely N-dealkylation sites (tertiary alicyclic amines) is 1. The van der Waals surface area contributed by atoms with Gasteiger partial charge in [0.05, 0.1) is 6.10 Å². The average molecular weight is 210 g/mol. The van der Waals surface area contributed by atoms with Gasteiger partial charge in [0, 0.05) is 20.1 Å². The number of nitrogens with zero attached hydrogens (tertiary/aromatic N) is 1.